The van der Waals surface area contributed by atoms with Gasteiger partial charge in [-0.2, -0.15) is 4.31 Å². The zero-order valence-corrected chi connectivity index (χ0v) is 16.5. The van der Waals surface area contributed by atoms with Gasteiger partial charge in [-0.05, 0) is 29.6 Å². The lowest BCUT2D eigenvalue weighted by Crippen LogP contribution is -2.50. The zero-order chi connectivity index (χ0) is 19.3. The molecule has 0 saturated carbocycles. The van der Waals surface area contributed by atoms with Crippen molar-refractivity contribution in [3.63, 3.8) is 0 Å². The minimum atomic E-state index is -3.70. The Kier molecular flexibility index (Phi) is 6.96. The van der Waals surface area contributed by atoms with Gasteiger partial charge in [0.25, 0.3) is 0 Å². The van der Waals surface area contributed by atoms with Gasteiger partial charge in [0, 0.05) is 37.6 Å². The number of rotatable bonds is 8. The molecule has 1 fully saturated rings. The van der Waals surface area contributed by atoms with Crippen LogP contribution >= 0.6 is 11.3 Å². The van der Waals surface area contributed by atoms with Crippen LogP contribution in [0.1, 0.15) is 4.88 Å². The van der Waals surface area contributed by atoms with Crippen LogP contribution in [0.25, 0.3) is 0 Å². The molecule has 0 bridgehead atoms. The second kappa shape index (κ2) is 9.22. The highest BCUT2D eigenvalue weighted by molar-refractivity contribution is 7.89. The number of β-amino-alcohol motifs (C(OH)–C–C–N with tert-alkyl or cyclic N) is 1. The quantitative estimate of drug-likeness (QED) is 0.713. The Morgan fingerprint density at radius 2 is 1.96 bits per heavy atom. The summed E-state index contributed by atoms with van der Waals surface area (Å²) < 4.78 is 45.4. The van der Waals surface area contributed by atoms with Crippen LogP contribution in [0.3, 0.4) is 0 Å². The highest BCUT2D eigenvalue weighted by atomic mass is 32.2. The van der Waals surface area contributed by atoms with Crippen molar-refractivity contribution in [1.82, 2.24) is 9.21 Å². The number of thiophene rings is 1. The van der Waals surface area contributed by atoms with Gasteiger partial charge in [0.1, 0.15) is 5.82 Å². The van der Waals surface area contributed by atoms with Gasteiger partial charge in [0.15, 0.2) is 0 Å². The van der Waals surface area contributed by atoms with Gasteiger partial charge in [-0.25, -0.2) is 12.8 Å². The van der Waals surface area contributed by atoms with E-state index in [4.69, 9.17) is 4.74 Å². The van der Waals surface area contributed by atoms with E-state index >= 15 is 0 Å². The molecule has 1 aliphatic heterocycles. The third-order valence-electron chi connectivity index (χ3n) is 4.37. The third kappa shape index (κ3) is 5.56. The maximum atomic E-state index is 13.3. The van der Waals surface area contributed by atoms with Gasteiger partial charge in [0.2, 0.25) is 10.0 Å². The number of benzene rings is 1. The van der Waals surface area contributed by atoms with Crippen LogP contribution in [0.2, 0.25) is 0 Å². The zero-order valence-electron chi connectivity index (χ0n) is 14.8. The van der Waals surface area contributed by atoms with Crippen LogP contribution in [0.4, 0.5) is 4.39 Å². The Morgan fingerprint density at radius 1 is 1.19 bits per heavy atom. The molecule has 1 aliphatic rings. The van der Waals surface area contributed by atoms with Crippen molar-refractivity contribution in [3.8, 4) is 0 Å². The van der Waals surface area contributed by atoms with Gasteiger partial charge >= 0.3 is 0 Å². The minimum Gasteiger partial charge on any atom is -0.389 e. The molecule has 9 heteroatoms. The molecule has 2 aromatic rings. The molecule has 1 N–H and O–H groups in total. The molecule has 1 atom stereocenters. The van der Waals surface area contributed by atoms with Crippen LogP contribution in [-0.2, 0) is 21.4 Å². The number of aliphatic hydroxyl groups excluding tert-OH is 1. The fraction of sp³-hybridized carbons (Fsp3) is 0.444. The first kappa shape index (κ1) is 20.4. The van der Waals surface area contributed by atoms with Crippen molar-refractivity contribution < 1.29 is 22.7 Å². The molecular formula is C18H23FN2O4S2. The summed E-state index contributed by atoms with van der Waals surface area (Å²) in [7, 11) is -3.70. The molecule has 0 aliphatic carbocycles. The summed E-state index contributed by atoms with van der Waals surface area (Å²) in [6, 6.07) is 8.99. The average Bonchev–Trinajstić information content (AvgIpc) is 3.15. The summed E-state index contributed by atoms with van der Waals surface area (Å²) in [6.07, 6.45) is -0.628. The number of piperazine rings is 1. The van der Waals surface area contributed by atoms with Crippen molar-refractivity contribution >= 4 is 21.4 Å². The van der Waals surface area contributed by atoms with E-state index < -0.39 is 21.9 Å². The van der Waals surface area contributed by atoms with Crippen LogP contribution in [0, 0.1) is 5.82 Å². The Labute approximate surface area is 162 Å². The van der Waals surface area contributed by atoms with Crippen LogP contribution < -0.4 is 0 Å². The summed E-state index contributed by atoms with van der Waals surface area (Å²) in [6.45, 7) is 2.78. The standard InChI is InChI=1S/C18H23FN2O4S2/c19-15-3-1-5-18(11-15)27(23,24)21-8-6-20(7-9-21)12-16(22)13-25-14-17-4-2-10-26-17/h1-5,10-11,16,22H,6-9,12-14H2. The lowest BCUT2D eigenvalue weighted by Gasteiger charge is -2.34. The summed E-state index contributed by atoms with van der Waals surface area (Å²) in [5.41, 5.74) is 0. The molecule has 148 valence electrons. The lowest BCUT2D eigenvalue weighted by atomic mass is 10.3. The second-order valence-electron chi connectivity index (χ2n) is 6.41. The SMILES string of the molecule is O=S(=O)(c1cccc(F)c1)N1CCN(CC(O)COCc2cccs2)CC1. The normalized spacial score (nSPS) is 17.9. The van der Waals surface area contributed by atoms with Crippen molar-refractivity contribution in [3.05, 3.63) is 52.5 Å². The molecule has 1 saturated heterocycles. The van der Waals surface area contributed by atoms with Crippen molar-refractivity contribution in [2.45, 2.75) is 17.6 Å². The van der Waals surface area contributed by atoms with Crippen LogP contribution in [0.5, 0.6) is 0 Å². The fourth-order valence-electron chi connectivity index (χ4n) is 2.97. The fourth-order valence-corrected chi connectivity index (χ4v) is 5.06. The first-order valence-corrected chi connectivity index (χ1v) is 11.0. The molecule has 1 aromatic carbocycles. The summed E-state index contributed by atoms with van der Waals surface area (Å²) in [4.78, 5) is 3.09. The van der Waals surface area contributed by atoms with E-state index in [9.17, 15) is 17.9 Å². The smallest absolute Gasteiger partial charge is 0.243 e. The molecule has 27 heavy (non-hydrogen) atoms. The van der Waals surface area contributed by atoms with Gasteiger partial charge in [-0.15, -0.1) is 11.3 Å². The van der Waals surface area contributed by atoms with Crippen LogP contribution in [-0.4, -0.2) is 68.2 Å². The maximum absolute atomic E-state index is 13.3. The van der Waals surface area contributed by atoms with E-state index in [1.165, 1.54) is 22.5 Å². The van der Waals surface area contributed by atoms with Crippen LogP contribution in [0.15, 0.2) is 46.7 Å². The topological polar surface area (TPSA) is 70.1 Å². The van der Waals surface area contributed by atoms with E-state index in [1.54, 1.807) is 11.3 Å². The lowest BCUT2D eigenvalue weighted by molar-refractivity contribution is 0.00611. The monoisotopic (exact) mass is 414 g/mol. The molecule has 6 nitrogen and oxygen atoms in total. The first-order valence-electron chi connectivity index (χ1n) is 8.71. The molecule has 1 aromatic heterocycles. The number of sulfonamides is 1. The number of nitrogens with zero attached hydrogens (tertiary/aromatic N) is 2. The number of aliphatic hydroxyl groups is 1. The summed E-state index contributed by atoms with van der Waals surface area (Å²) >= 11 is 1.61. The molecule has 0 amide bonds. The molecule has 3 rings (SSSR count). The number of halogens is 1. The van der Waals surface area contributed by atoms with Crippen molar-refractivity contribution in [1.29, 1.82) is 0 Å². The Balaban J connectivity index is 1.44. The number of hydrogen-bond donors (Lipinski definition) is 1. The third-order valence-corrected chi connectivity index (χ3v) is 7.11. The highest BCUT2D eigenvalue weighted by Crippen LogP contribution is 2.18. The predicted octanol–water partition coefficient (Wildman–Crippen LogP) is 1.77. The van der Waals surface area contributed by atoms with E-state index in [1.807, 2.05) is 22.4 Å². The molecule has 0 radical (unpaired) electrons. The summed E-state index contributed by atoms with van der Waals surface area (Å²) in [5, 5.41) is 12.1. The highest BCUT2D eigenvalue weighted by Gasteiger charge is 2.29. The average molecular weight is 415 g/mol. The first-order chi connectivity index (χ1) is 12.9. The second-order valence-corrected chi connectivity index (χ2v) is 9.38. The molecule has 2 heterocycles. The molecule has 0 spiro atoms. The Morgan fingerprint density at radius 3 is 2.63 bits per heavy atom. The predicted molar refractivity (Wildman–Crippen MR) is 102 cm³/mol. The van der Waals surface area contributed by atoms with Gasteiger partial charge in [-0.3, -0.25) is 4.90 Å². The number of hydrogen-bond acceptors (Lipinski definition) is 6. The Bertz CT molecular complexity index is 822. The van der Waals surface area contributed by atoms with Crippen molar-refractivity contribution in [2.24, 2.45) is 0 Å². The summed E-state index contributed by atoms with van der Waals surface area (Å²) in [5.74, 6) is -0.569. The number of ether oxygens (including phenoxy) is 1. The van der Waals surface area contributed by atoms with Gasteiger partial charge in [-0.1, -0.05) is 12.1 Å². The van der Waals surface area contributed by atoms with E-state index in [0.29, 0.717) is 39.3 Å². The molecular weight excluding hydrogens is 391 g/mol. The maximum Gasteiger partial charge on any atom is 0.243 e. The van der Waals surface area contributed by atoms with E-state index in [-0.39, 0.29) is 11.5 Å². The largest absolute Gasteiger partial charge is 0.389 e. The van der Waals surface area contributed by atoms with E-state index in [0.717, 1.165) is 10.9 Å². The molecule has 1 unspecified atom stereocenters. The van der Waals surface area contributed by atoms with Crippen molar-refractivity contribution in [2.75, 3.05) is 39.3 Å². The Hall–Kier alpha value is -1.36. The van der Waals surface area contributed by atoms with Gasteiger partial charge in [0.05, 0.1) is 24.2 Å². The van der Waals surface area contributed by atoms with Gasteiger partial charge < -0.3 is 9.84 Å². The minimum absolute atomic E-state index is 0.0297. The van der Waals surface area contributed by atoms with E-state index in [2.05, 4.69) is 0 Å².